The first-order valence-corrected chi connectivity index (χ1v) is 11.1. The van der Waals surface area contributed by atoms with Crippen LogP contribution < -0.4 is 0 Å². The molecule has 0 amide bonds. The SMILES string of the molecule is CC(=O)OC1CC[C@@]2(C)C(=CC(O)[C@@H]3[C@H]2CC[C@@]2(C)[C@@H]3CCC23OCCO3)C1. The van der Waals surface area contributed by atoms with Crippen molar-refractivity contribution in [1.82, 2.24) is 0 Å². The lowest BCUT2D eigenvalue weighted by molar-refractivity contribution is -0.246. The maximum absolute atomic E-state index is 11.4. The third-order valence-electron chi connectivity index (χ3n) is 9.21. The molecule has 156 valence electrons. The molecule has 4 aliphatic carbocycles. The molecule has 0 bridgehead atoms. The topological polar surface area (TPSA) is 65.0 Å². The van der Waals surface area contributed by atoms with Gasteiger partial charge in [-0.25, -0.2) is 0 Å². The van der Waals surface area contributed by atoms with E-state index in [-0.39, 0.29) is 28.8 Å². The van der Waals surface area contributed by atoms with Crippen LogP contribution in [-0.2, 0) is 19.0 Å². The van der Waals surface area contributed by atoms with Gasteiger partial charge in [0.1, 0.15) is 6.10 Å². The van der Waals surface area contributed by atoms with Crippen LogP contribution in [0, 0.1) is 28.6 Å². The molecule has 2 unspecified atom stereocenters. The maximum Gasteiger partial charge on any atom is 0.302 e. The van der Waals surface area contributed by atoms with Crippen molar-refractivity contribution in [3.63, 3.8) is 0 Å². The summed E-state index contributed by atoms with van der Waals surface area (Å²) in [5, 5.41) is 11.3. The van der Waals surface area contributed by atoms with Gasteiger partial charge in [0.2, 0.25) is 0 Å². The average Bonchev–Trinajstić information content (AvgIpc) is 3.23. The fourth-order valence-corrected chi connectivity index (χ4v) is 7.84. The van der Waals surface area contributed by atoms with E-state index >= 15 is 0 Å². The van der Waals surface area contributed by atoms with Crippen LogP contribution in [0.4, 0.5) is 0 Å². The number of hydrogen-bond acceptors (Lipinski definition) is 5. The van der Waals surface area contributed by atoms with E-state index in [2.05, 4.69) is 19.9 Å². The number of esters is 1. The first-order chi connectivity index (χ1) is 13.3. The first kappa shape index (κ1) is 19.1. The molecule has 0 aromatic heterocycles. The molecule has 1 N–H and O–H groups in total. The lowest BCUT2D eigenvalue weighted by atomic mass is 9.47. The Kier molecular flexibility index (Phi) is 4.29. The molecule has 0 radical (unpaired) electrons. The summed E-state index contributed by atoms with van der Waals surface area (Å²) in [5.41, 5.74) is 1.40. The van der Waals surface area contributed by atoms with Gasteiger partial charge in [-0.15, -0.1) is 0 Å². The number of hydrogen-bond donors (Lipinski definition) is 1. The Morgan fingerprint density at radius 3 is 2.54 bits per heavy atom. The molecule has 0 aromatic carbocycles. The van der Waals surface area contributed by atoms with Gasteiger partial charge in [-0.05, 0) is 55.3 Å². The van der Waals surface area contributed by atoms with Gasteiger partial charge in [-0.3, -0.25) is 4.79 Å². The number of carbonyl (C=O) groups is 1. The molecule has 3 saturated carbocycles. The van der Waals surface area contributed by atoms with Gasteiger partial charge >= 0.3 is 5.97 Å². The predicted molar refractivity (Wildman–Crippen MR) is 103 cm³/mol. The van der Waals surface area contributed by atoms with Crippen LogP contribution in [0.5, 0.6) is 0 Å². The minimum atomic E-state index is -0.430. The number of fused-ring (bicyclic) bond motifs is 6. The minimum absolute atomic E-state index is 0.0116. The van der Waals surface area contributed by atoms with Gasteiger partial charge in [-0.2, -0.15) is 0 Å². The quantitative estimate of drug-likeness (QED) is 0.547. The summed E-state index contributed by atoms with van der Waals surface area (Å²) in [6, 6.07) is 0. The van der Waals surface area contributed by atoms with E-state index < -0.39 is 11.9 Å². The summed E-state index contributed by atoms with van der Waals surface area (Å²) < 4.78 is 17.9. The van der Waals surface area contributed by atoms with E-state index in [0.29, 0.717) is 25.0 Å². The van der Waals surface area contributed by atoms with Crippen molar-refractivity contribution in [2.45, 2.75) is 83.7 Å². The van der Waals surface area contributed by atoms with Crippen molar-refractivity contribution in [1.29, 1.82) is 0 Å². The highest BCUT2D eigenvalue weighted by Gasteiger charge is 2.67. The number of aliphatic hydroxyl groups is 1. The third kappa shape index (κ3) is 2.45. The molecule has 7 atom stereocenters. The third-order valence-corrected chi connectivity index (χ3v) is 9.21. The number of ether oxygens (including phenoxy) is 3. The van der Waals surface area contributed by atoms with Crippen LogP contribution in [0.15, 0.2) is 11.6 Å². The number of carbonyl (C=O) groups excluding carboxylic acids is 1. The molecular weight excluding hydrogens is 356 g/mol. The first-order valence-electron chi connectivity index (χ1n) is 11.1. The van der Waals surface area contributed by atoms with Crippen LogP contribution >= 0.6 is 0 Å². The molecule has 5 rings (SSSR count). The van der Waals surface area contributed by atoms with Gasteiger partial charge in [0, 0.05) is 25.2 Å². The zero-order valence-corrected chi connectivity index (χ0v) is 17.4. The largest absolute Gasteiger partial charge is 0.462 e. The fourth-order valence-electron chi connectivity index (χ4n) is 7.84. The highest BCUT2D eigenvalue weighted by atomic mass is 16.7. The van der Waals surface area contributed by atoms with Crippen LogP contribution in [0.3, 0.4) is 0 Å². The number of rotatable bonds is 1. The predicted octanol–water partition coefficient (Wildman–Crippen LogP) is 3.59. The zero-order valence-electron chi connectivity index (χ0n) is 17.4. The summed E-state index contributed by atoms with van der Waals surface area (Å²) in [6.45, 7) is 7.61. The highest BCUT2D eigenvalue weighted by molar-refractivity contribution is 5.66. The van der Waals surface area contributed by atoms with Crippen molar-refractivity contribution in [3.05, 3.63) is 11.6 Å². The molecule has 1 saturated heterocycles. The monoisotopic (exact) mass is 390 g/mol. The van der Waals surface area contributed by atoms with Gasteiger partial charge in [0.15, 0.2) is 5.79 Å². The molecule has 1 aliphatic heterocycles. The smallest absolute Gasteiger partial charge is 0.302 e. The highest BCUT2D eigenvalue weighted by Crippen LogP contribution is 2.68. The molecular formula is C23H34O5. The Bertz CT molecular complexity index is 695. The molecule has 28 heavy (non-hydrogen) atoms. The van der Waals surface area contributed by atoms with Gasteiger partial charge < -0.3 is 19.3 Å². The van der Waals surface area contributed by atoms with Gasteiger partial charge in [0.25, 0.3) is 0 Å². The molecule has 1 heterocycles. The van der Waals surface area contributed by atoms with E-state index in [0.717, 1.165) is 44.9 Å². The number of aliphatic hydroxyl groups excluding tert-OH is 1. The Morgan fingerprint density at radius 2 is 1.82 bits per heavy atom. The lowest BCUT2D eigenvalue weighted by Crippen LogP contribution is -2.58. The Hall–Kier alpha value is -0.910. The fraction of sp³-hybridized carbons (Fsp3) is 0.870. The molecule has 1 spiro atoms. The molecule has 4 fully saturated rings. The van der Waals surface area contributed by atoms with Crippen LogP contribution in [0.25, 0.3) is 0 Å². The van der Waals surface area contributed by atoms with Crippen molar-refractivity contribution < 1.29 is 24.1 Å². The summed E-state index contributed by atoms with van der Waals surface area (Å²) >= 11 is 0. The lowest BCUT2D eigenvalue weighted by Gasteiger charge is -2.59. The van der Waals surface area contributed by atoms with Crippen LogP contribution in [0.1, 0.15) is 65.7 Å². The van der Waals surface area contributed by atoms with Crippen LogP contribution in [0.2, 0.25) is 0 Å². The van der Waals surface area contributed by atoms with E-state index in [1.807, 2.05) is 0 Å². The Morgan fingerprint density at radius 1 is 1.11 bits per heavy atom. The second kappa shape index (κ2) is 6.29. The minimum Gasteiger partial charge on any atom is -0.462 e. The molecule has 5 heteroatoms. The van der Waals surface area contributed by atoms with Gasteiger partial charge in [0.05, 0.1) is 19.3 Å². The normalized spacial score (nSPS) is 49.1. The van der Waals surface area contributed by atoms with E-state index in [4.69, 9.17) is 14.2 Å². The Labute approximate surface area is 167 Å². The summed E-state index contributed by atoms with van der Waals surface area (Å²) in [4.78, 5) is 11.4. The van der Waals surface area contributed by atoms with E-state index in [9.17, 15) is 9.90 Å². The van der Waals surface area contributed by atoms with E-state index in [1.54, 1.807) is 0 Å². The second-order valence-corrected chi connectivity index (χ2v) is 10.3. The van der Waals surface area contributed by atoms with Crippen molar-refractivity contribution in [3.8, 4) is 0 Å². The summed E-state index contributed by atoms with van der Waals surface area (Å²) in [6.07, 6.45) is 8.61. The van der Waals surface area contributed by atoms with E-state index in [1.165, 1.54) is 12.5 Å². The van der Waals surface area contributed by atoms with Gasteiger partial charge in [-0.1, -0.05) is 25.5 Å². The molecule has 0 aromatic rings. The zero-order chi connectivity index (χ0) is 19.7. The Balaban J connectivity index is 1.46. The molecule has 5 aliphatic rings. The van der Waals surface area contributed by atoms with Crippen LogP contribution in [-0.4, -0.2) is 42.3 Å². The molecule has 5 nitrogen and oxygen atoms in total. The summed E-state index contributed by atoms with van der Waals surface area (Å²) in [5.74, 6) is 0.547. The standard InChI is InChI=1S/C23H34O5/c1-14(24)28-16-4-7-21(2)15(12-16)13-19(25)20-17(21)5-8-22(3)18(20)6-9-23(22)26-10-11-27-23/h13,16-20,25H,4-12H2,1-3H3/t16?,17-,18-,19?,20-,21+,22+/m1/s1. The maximum atomic E-state index is 11.4. The van der Waals surface area contributed by atoms with Crippen molar-refractivity contribution in [2.24, 2.45) is 28.6 Å². The van der Waals surface area contributed by atoms with Crippen molar-refractivity contribution >= 4 is 5.97 Å². The average molecular weight is 391 g/mol. The van der Waals surface area contributed by atoms with Crippen molar-refractivity contribution in [2.75, 3.05) is 13.2 Å². The summed E-state index contributed by atoms with van der Waals surface area (Å²) in [7, 11) is 0. The second-order valence-electron chi connectivity index (χ2n) is 10.3.